The molecular formula is C13H14BrFN2O3S. The van der Waals surface area contributed by atoms with Crippen LogP contribution in [0.25, 0.3) is 0 Å². The van der Waals surface area contributed by atoms with Crippen molar-refractivity contribution in [2.24, 2.45) is 0 Å². The first-order chi connectivity index (χ1) is 9.73. The van der Waals surface area contributed by atoms with Crippen LogP contribution in [0.2, 0.25) is 0 Å². The third kappa shape index (κ3) is 3.12. The van der Waals surface area contributed by atoms with Gasteiger partial charge in [0.15, 0.2) is 0 Å². The van der Waals surface area contributed by atoms with Crippen LogP contribution < -0.4 is 5.73 Å². The van der Waals surface area contributed by atoms with Gasteiger partial charge in [0.2, 0.25) is 10.0 Å². The fourth-order valence-corrected chi connectivity index (χ4v) is 3.35. The maximum absolute atomic E-state index is 13.9. The van der Waals surface area contributed by atoms with E-state index in [0.717, 1.165) is 16.4 Å². The summed E-state index contributed by atoms with van der Waals surface area (Å²) in [6.45, 7) is 1.81. The number of aryl methyl sites for hydroxylation is 1. The first-order valence-corrected chi connectivity index (χ1v) is 8.20. The molecule has 0 unspecified atom stereocenters. The highest BCUT2D eigenvalue weighted by Crippen LogP contribution is 2.28. The number of anilines is 1. The van der Waals surface area contributed by atoms with E-state index >= 15 is 0 Å². The Labute approximate surface area is 130 Å². The van der Waals surface area contributed by atoms with Crippen LogP contribution in [0.4, 0.5) is 10.1 Å². The monoisotopic (exact) mass is 376 g/mol. The van der Waals surface area contributed by atoms with Crippen molar-refractivity contribution in [1.82, 2.24) is 4.31 Å². The van der Waals surface area contributed by atoms with Crippen LogP contribution in [0.3, 0.4) is 0 Å². The minimum atomic E-state index is -3.99. The molecule has 5 nitrogen and oxygen atoms in total. The Bertz CT molecular complexity index is 774. The predicted octanol–water partition coefficient (Wildman–Crippen LogP) is 2.89. The van der Waals surface area contributed by atoms with E-state index in [1.165, 1.54) is 13.3 Å². The standard InChI is InChI=1S/C13H14BrFN2O3S/c1-8-9(3-4-20-8)7-17(2)21(18,19)13-6-12(16)10(14)5-11(13)15/h3-6H,7,16H2,1-2H3. The van der Waals surface area contributed by atoms with Gasteiger partial charge in [0.05, 0.1) is 6.26 Å². The van der Waals surface area contributed by atoms with Crippen molar-refractivity contribution in [1.29, 1.82) is 0 Å². The molecule has 0 atom stereocenters. The van der Waals surface area contributed by atoms with E-state index < -0.39 is 20.7 Å². The summed E-state index contributed by atoms with van der Waals surface area (Å²) in [6.07, 6.45) is 1.48. The quantitative estimate of drug-likeness (QED) is 0.832. The van der Waals surface area contributed by atoms with E-state index in [4.69, 9.17) is 10.2 Å². The Morgan fingerprint density at radius 3 is 2.67 bits per heavy atom. The van der Waals surface area contributed by atoms with E-state index in [9.17, 15) is 12.8 Å². The Kier molecular flexibility index (Phi) is 4.40. The van der Waals surface area contributed by atoms with Gasteiger partial charge in [-0.1, -0.05) is 0 Å². The summed E-state index contributed by atoms with van der Waals surface area (Å²) < 4.78 is 45.3. The number of hydrogen-bond donors (Lipinski definition) is 1. The molecule has 0 saturated heterocycles. The van der Waals surface area contributed by atoms with Gasteiger partial charge in [-0.25, -0.2) is 12.8 Å². The molecular weight excluding hydrogens is 363 g/mol. The molecule has 0 amide bonds. The number of sulfonamides is 1. The highest BCUT2D eigenvalue weighted by molar-refractivity contribution is 9.10. The first-order valence-electron chi connectivity index (χ1n) is 5.97. The van der Waals surface area contributed by atoms with Crippen molar-refractivity contribution < 1.29 is 17.2 Å². The summed E-state index contributed by atoms with van der Waals surface area (Å²) in [4.78, 5) is -0.452. The van der Waals surface area contributed by atoms with Crippen molar-refractivity contribution in [2.75, 3.05) is 12.8 Å². The molecule has 1 aromatic carbocycles. The molecule has 0 fully saturated rings. The normalized spacial score (nSPS) is 12.0. The average Bonchev–Trinajstić information content (AvgIpc) is 2.79. The summed E-state index contributed by atoms with van der Waals surface area (Å²) >= 11 is 3.06. The molecule has 2 aromatic rings. The molecule has 2 N–H and O–H groups in total. The fraction of sp³-hybridized carbons (Fsp3) is 0.231. The molecule has 0 saturated carbocycles. The van der Waals surface area contributed by atoms with Crippen molar-refractivity contribution in [2.45, 2.75) is 18.4 Å². The molecule has 0 aliphatic carbocycles. The molecule has 0 aliphatic heterocycles. The van der Waals surface area contributed by atoms with E-state index in [1.54, 1.807) is 13.0 Å². The SMILES string of the molecule is Cc1occc1CN(C)S(=O)(=O)c1cc(N)c(Br)cc1F. The molecule has 0 spiro atoms. The summed E-state index contributed by atoms with van der Waals surface area (Å²) in [5.41, 5.74) is 6.50. The van der Waals surface area contributed by atoms with Crippen molar-refractivity contribution in [3.8, 4) is 0 Å². The van der Waals surface area contributed by atoms with Crippen LogP contribution in [0, 0.1) is 12.7 Å². The highest BCUT2D eigenvalue weighted by atomic mass is 79.9. The number of nitrogens with zero attached hydrogens (tertiary/aromatic N) is 1. The van der Waals surface area contributed by atoms with Gasteiger partial charge >= 0.3 is 0 Å². The minimum Gasteiger partial charge on any atom is -0.469 e. The molecule has 8 heteroatoms. The Morgan fingerprint density at radius 2 is 2.10 bits per heavy atom. The largest absolute Gasteiger partial charge is 0.469 e. The molecule has 114 valence electrons. The van der Waals surface area contributed by atoms with E-state index in [-0.39, 0.29) is 12.2 Å². The van der Waals surface area contributed by atoms with Gasteiger partial charge in [-0.15, -0.1) is 0 Å². The number of nitrogen functional groups attached to an aromatic ring is 1. The Hall–Kier alpha value is -1.38. The van der Waals surface area contributed by atoms with Gasteiger partial charge in [-0.05, 0) is 41.1 Å². The number of benzene rings is 1. The second-order valence-corrected chi connectivity index (χ2v) is 7.43. The summed E-state index contributed by atoms with van der Waals surface area (Å²) in [5.74, 6) is -0.236. The fourth-order valence-electron chi connectivity index (χ4n) is 1.81. The Balaban J connectivity index is 2.38. The van der Waals surface area contributed by atoms with Gasteiger partial charge in [0.25, 0.3) is 0 Å². The first kappa shape index (κ1) is 16.0. The predicted molar refractivity (Wildman–Crippen MR) is 80.6 cm³/mol. The van der Waals surface area contributed by atoms with Crippen LogP contribution >= 0.6 is 15.9 Å². The summed E-state index contributed by atoms with van der Waals surface area (Å²) in [6, 6.07) is 3.82. The lowest BCUT2D eigenvalue weighted by molar-refractivity contribution is 0.453. The van der Waals surface area contributed by atoms with Crippen molar-refractivity contribution >= 4 is 31.6 Å². The van der Waals surface area contributed by atoms with Gasteiger partial charge in [-0.2, -0.15) is 4.31 Å². The third-order valence-corrected chi connectivity index (χ3v) is 5.60. The van der Waals surface area contributed by atoms with E-state index in [2.05, 4.69) is 15.9 Å². The van der Waals surface area contributed by atoms with Crippen molar-refractivity contribution in [3.63, 3.8) is 0 Å². The van der Waals surface area contributed by atoms with E-state index in [1.807, 2.05) is 0 Å². The maximum Gasteiger partial charge on any atom is 0.246 e. The van der Waals surface area contributed by atoms with Gasteiger partial charge in [-0.3, -0.25) is 0 Å². The number of nitrogens with two attached hydrogens (primary N) is 1. The topological polar surface area (TPSA) is 76.5 Å². The molecule has 21 heavy (non-hydrogen) atoms. The molecule has 2 rings (SSSR count). The second-order valence-electron chi connectivity index (χ2n) is 4.57. The van der Waals surface area contributed by atoms with Gasteiger partial charge < -0.3 is 10.2 Å². The zero-order valence-corrected chi connectivity index (χ0v) is 13.8. The van der Waals surface area contributed by atoms with Crippen LogP contribution in [0.15, 0.2) is 38.2 Å². The number of furan rings is 1. The van der Waals surface area contributed by atoms with Gasteiger partial charge in [0.1, 0.15) is 16.5 Å². The van der Waals surface area contributed by atoms with E-state index in [0.29, 0.717) is 15.8 Å². The molecule has 0 radical (unpaired) electrons. The Morgan fingerprint density at radius 1 is 1.43 bits per heavy atom. The van der Waals surface area contributed by atoms with Crippen LogP contribution in [0.5, 0.6) is 0 Å². The molecule has 1 heterocycles. The molecule has 0 bridgehead atoms. The average molecular weight is 377 g/mol. The van der Waals surface area contributed by atoms with Crippen molar-refractivity contribution in [3.05, 3.63) is 46.1 Å². The molecule has 1 aromatic heterocycles. The zero-order valence-electron chi connectivity index (χ0n) is 11.4. The summed E-state index contributed by atoms with van der Waals surface area (Å²) in [7, 11) is -2.61. The third-order valence-electron chi connectivity index (χ3n) is 3.10. The smallest absolute Gasteiger partial charge is 0.246 e. The van der Waals surface area contributed by atoms with Crippen LogP contribution in [0.1, 0.15) is 11.3 Å². The zero-order chi connectivity index (χ0) is 15.8. The summed E-state index contributed by atoms with van der Waals surface area (Å²) in [5, 5.41) is 0. The maximum atomic E-state index is 13.9. The number of hydrogen-bond acceptors (Lipinski definition) is 4. The van der Waals surface area contributed by atoms with Crippen LogP contribution in [-0.2, 0) is 16.6 Å². The van der Waals surface area contributed by atoms with Crippen LogP contribution in [-0.4, -0.2) is 19.8 Å². The lowest BCUT2D eigenvalue weighted by atomic mass is 10.3. The van der Waals surface area contributed by atoms with Gasteiger partial charge in [0, 0.05) is 29.3 Å². The number of halogens is 2. The second kappa shape index (κ2) is 5.78. The molecule has 0 aliphatic rings. The number of rotatable bonds is 4. The lowest BCUT2D eigenvalue weighted by Crippen LogP contribution is -2.27. The minimum absolute atomic E-state index is 0.0834. The lowest BCUT2D eigenvalue weighted by Gasteiger charge is -2.18. The highest BCUT2D eigenvalue weighted by Gasteiger charge is 2.26.